The van der Waals surface area contributed by atoms with Crippen molar-refractivity contribution in [1.82, 2.24) is 15.5 Å². The predicted octanol–water partition coefficient (Wildman–Crippen LogP) is 4.14. The average Bonchev–Trinajstić information content (AvgIpc) is 3.07. The highest BCUT2D eigenvalue weighted by Crippen LogP contribution is 2.31. The molecule has 0 unspecified atom stereocenters. The molecule has 0 atom stereocenters. The summed E-state index contributed by atoms with van der Waals surface area (Å²) in [4.78, 5) is 12.2. The van der Waals surface area contributed by atoms with E-state index in [1.165, 1.54) is 12.8 Å². The van der Waals surface area contributed by atoms with Crippen molar-refractivity contribution in [3.8, 4) is 11.5 Å². The molecular formula is C20H27N3O2. The summed E-state index contributed by atoms with van der Waals surface area (Å²) in [6.45, 7) is 4.45. The first-order valence-electron chi connectivity index (χ1n) is 9.23. The third-order valence-corrected chi connectivity index (χ3v) is 5.10. The molecular weight excluding hydrogens is 314 g/mol. The lowest BCUT2D eigenvalue weighted by atomic mass is 9.78. The van der Waals surface area contributed by atoms with Gasteiger partial charge in [-0.25, -0.2) is 0 Å². The first kappa shape index (κ1) is 17.6. The second kappa shape index (κ2) is 7.81. The van der Waals surface area contributed by atoms with Gasteiger partial charge in [-0.15, -0.1) is 10.2 Å². The van der Waals surface area contributed by atoms with Crippen molar-refractivity contribution in [2.75, 3.05) is 0 Å². The zero-order valence-corrected chi connectivity index (χ0v) is 15.1. The van der Waals surface area contributed by atoms with Gasteiger partial charge in [0.15, 0.2) is 0 Å². The number of rotatable bonds is 6. The van der Waals surface area contributed by atoms with E-state index in [1.807, 2.05) is 30.3 Å². The lowest BCUT2D eigenvalue weighted by molar-refractivity contribution is -0.123. The molecule has 134 valence electrons. The molecule has 1 N–H and O–H groups in total. The minimum atomic E-state index is -0.0332. The zero-order chi connectivity index (χ0) is 17.7. The van der Waals surface area contributed by atoms with Gasteiger partial charge in [-0.2, -0.15) is 0 Å². The quantitative estimate of drug-likeness (QED) is 0.857. The summed E-state index contributed by atoms with van der Waals surface area (Å²) in [5, 5.41) is 11.4. The van der Waals surface area contributed by atoms with E-state index in [0.717, 1.165) is 30.7 Å². The number of aryl methyl sites for hydroxylation is 1. The maximum absolute atomic E-state index is 12.2. The molecule has 1 aromatic heterocycles. The van der Waals surface area contributed by atoms with Gasteiger partial charge in [-0.05, 0) is 57.1 Å². The van der Waals surface area contributed by atoms with Crippen molar-refractivity contribution >= 4 is 5.91 Å². The van der Waals surface area contributed by atoms with Crippen molar-refractivity contribution in [3.05, 3.63) is 36.2 Å². The monoisotopic (exact) mass is 341 g/mol. The third kappa shape index (κ3) is 4.91. The van der Waals surface area contributed by atoms with Crippen LogP contribution >= 0.6 is 0 Å². The largest absolute Gasteiger partial charge is 0.421 e. The van der Waals surface area contributed by atoms with E-state index in [2.05, 4.69) is 29.4 Å². The van der Waals surface area contributed by atoms with Gasteiger partial charge in [0.1, 0.15) is 0 Å². The zero-order valence-electron chi connectivity index (χ0n) is 15.1. The molecule has 2 aromatic rings. The number of carbonyl (C=O) groups excluding carboxylic acids is 1. The van der Waals surface area contributed by atoms with E-state index in [9.17, 15) is 4.79 Å². The lowest BCUT2D eigenvalue weighted by Gasteiger charge is -2.37. The van der Waals surface area contributed by atoms with Gasteiger partial charge in [0.25, 0.3) is 0 Å². The molecule has 1 aromatic carbocycles. The normalized spacial score (nSPS) is 23.4. The molecule has 0 saturated heterocycles. The topological polar surface area (TPSA) is 68.0 Å². The molecule has 0 bridgehead atoms. The molecule has 0 radical (unpaired) electrons. The molecule has 0 spiro atoms. The maximum Gasteiger partial charge on any atom is 0.247 e. The molecule has 5 nitrogen and oxygen atoms in total. The Balaban J connectivity index is 1.44. The Labute approximate surface area is 149 Å². The van der Waals surface area contributed by atoms with E-state index in [-0.39, 0.29) is 11.4 Å². The van der Waals surface area contributed by atoms with E-state index < -0.39 is 0 Å². The van der Waals surface area contributed by atoms with Crippen LogP contribution in [0.15, 0.2) is 34.7 Å². The number of nitrogens with one attached hydrogen (secondary N) is 1. The highest BCUT2D eigenvalue weighted by Gasteiger charge is 2.30. The molecule has 1 amide bonds. The number of benzene rings is 1. The first-order chi connectivity index (χ1) is 12.0. The smallest absolute Gasteiger partial charge is 0.247 e. The summed E-state index contributed by atoms with van der Waals surface area (Å²) in [7, 11) is 0. The van der Waals surface area contributed by atoms with E-state index in [4.69, 9.17) is 4.42 Å². The van der Waals surface area contributed by atoms with E-state index in [0.29, 0.717) is 24.6 Å². The van der Waals surface area contributed by atoms with Gasteiger partial charge in [-0.1, -0.05) is 25.1 Å². The first-order valence-corrected chi connectivity index (χ1v) is 9.23. The summed E-state index contributed by atoms with van der Waals surface area (Å²) in [6, 6.07) is 9.71. The van der Waals surface area contributed by atoms with Crippen LogP contribution in [-0.4, -0.2) is 21.6 Å². The van der Waals surface area contributed by atoms with Crippen LogP contribution in [0.4, 0.5) is 0 Å². The van der Waals surface area contributed by atoms with E-state index >= 15 is 0 Å². The SMILES string of the molecule is CC1CCC(C)(NC(=O)CCCc2nnc(-c3ccccc3)o2)CC1. The summed E-state index contributed by atoms with van der Waals surface area (Å²) in [6.07, 6.45) is 6.37. The second-order valence-corrected chi connectivity index (χ2v) is 7.51. The Morgan fingerprint density at radius 3 is 2.68 bits per heavy atom. The number of nitrogens with zero attached hydrogens (tertiary/aromatic N) is 2. The fourth-order valence-electron chi connectivity index (χ4n) is 3.38. The second-order valence-electron chi connectivity index (χ2n) is 7.51. The number of amides is 1. The summed E-state index contributed by atoms with van der Waals surface area (Å²) >= 11 is 0. The molecule has 1 saturated carbocycles. The number of carbonyl (C=O) groups is 1. The Kier molecular flexibility index (Phi) is 5.51. The molecule has 1 aliphatic rings. The minimum absolute atomic E-state index is 0.0332. The standard InChI is InChI=1S/C20H27N3O2/c1-15-11-13-20(2,14-12-15)21-17(24)9-6-10-18-22-23-19(25-18)16-7-4-3-5-8-16/h3-5,7-8,15H,6,9-14H2,1-2H3,(H,21,24). The summed E-state index contributed by atoms with van der Waals surface area (Å²) in [5.74, 6) is 2.02. The third-order valence-electron chi connectivity index (χ3n) is 5.10. The van der Waals surface area contributed by atoms with Gasteiger partial charge in [0.05, 0.1) is 0 Å². The molecule has 5 heteroatoms. The van der Waals surface area contributed by atoms with Gasteiger partial charge in [0.2, 0.25) is 17.7 Å². The van der Waals surface area contributed by atoms with Crippen molar-refractivity contribution < 1.29 is 9.21 Å². The fraction of sp³-hybridized carbons (Fsp3) is 0.550. The molecule has 1 aliphatic carbocycles. The maximum atomic E-state index is 12.2. The van der Waals surface area contributed by atoms with Crippen LogP contribution in [0.3, 0.4) is 0 Å². The van der Waals surface area contributed by atoms with Crippen molar-refractivity contribution in [2.24, 2.45) is 5.92 Å². The Morgan fingerprint density at radius 2 is 1.96 bits per heavy atom. The number of hydrogen-bond acceptors (Lipinski definition) is 4. The van der Waals surface area contributed by atoms with Crippen molar-refractivity contribution in [1.29, 1.82) is 0 Å². The highest BCUT2D eigenvalue weighted by molar-refractivity contribution is 5.76. The fourth-order valence-corrected chi connectivity index (χ4v) is 3.38. The van der Waals surface area contributed by atoms with Crippen molar-refractivity contribution in [2.45, 2.75) is 64.3 Å². The van der Waals surface area contributed by atoms with Crippen LogP contribution in [0.25, 0.3) is 11.5 Å². The van der Waals surface area contributed by atoms with Gasteiger partial charge in [-0.3, -0.25) is 4.79 Å². The highest BCUT2D eigenvalue weighted by atomic mass is 16.4. The lowest BCUT2D eigenvalue weighted by Crippen LogP contribution is -2.48. The summed E-state index contributed by atoms with van der Waals surface area (Å²) < 4.78 is 5.68. The molecule has 0 aliphatic heterocycles. The molecule has 3 rings (SSSR count). The van der Waals surface area contributed by atoms with Crippen LogP contribution in [-0.2, 0) is 11.2 Å². The molecule has 25 heavy (non-hydrogen) atoms. The van der Waals surface area contributed by atoms with Gasteiger partial charge >= 0.3 is 0 Å². The van der Waals surface area contributed by atoms with Crippen LogP contribution in [0.1, 0.15) is 58.3 Å². The minimum Gasteiger partial charge on any atom is -0.421 e. The van der Waals surface area contributed by atoms with Crippen molar-refractivity contribution in [3.63, 3.8) is 0 Å². The molecule has 1 heterocycles. The number of aromatic nitrogens is 2. The van der Waals surface area contributed by atoms with Crippen LogP contribution in [0, 0.1) is 5.92 Å². The Bertz CT molecular complexity index is 688. The average molecular weight is 341 g/mol. The van der Waals surface area contributed by atoms with Gasteiger partial charge < -0.3 is 9.73 Å². The Hall–Kier alpha value is -2.17. The van der Waals surface area contributed by atoms with Crippen LogP contribution < -0.4 is 5.32 Å². The van der Waals surface area contributed by atoms with Crippen LogP contribution in [0.5, 0.6) is 0 Å². The Morgan fingerprint density at radius 1 is 1.24 bits per heavy atom. The van der Waals surface area contributed by atoms with Gasteiger partial charge in [0, 0.05) is 23.9 Å². The van der Waals surface area contributed by atoms with Crippen LogP contribution in [0.2, 0.25) is 0 Å². The predicted molar refractivity (Wildman–Crippen MR) is 96.9 cm³/mol. The summed E-state index contributed by atoms with van der Waals surface area (Å²) in [5.41, 5.74) is 0.882. The molecule has 1 fully saturated rings. The number of hydrogen-bond donors (Lipinski definition) is 1. The van der Waals surface area contributed by atoms with E-state index in [1.54, 1.807) is 0 Å².